The van der Waals surface area contributed by atoms with Crippen molar-refractivity contribution in [2.24, 2.45) is 4.99 Å². The molecule has 3 rings (SSSR count). The lowest BCUT2D eigenvalue weighted by molar-refractivity contribution is -0.129. The van der Waals surface area contributed by atoms with Crippen LogP contribution >= 0.6 is 24.0 Å². The highest BCUT2D eigenvalue weighted by Crippen LogP contribution is 2.13. The van der Waals surface area contributed by atoms with Crippen LogP contribution in [-0.4, -0.2) is 64.1 Å². The van der Waals surface area contributed by atoms with Crippen LogP contribution in [0.3, 0.4) is 0 Å². The maximum Gasteiger partial charge on any atom is 0.276 e. The zero-order valence-corrected chi connectivity index (χ0v) is 19.1. The normalized spacial score (nSPS) is 16.4. The first-order valence-electron chi connectivity index (χ1n) is 9.76. The molecule has 1 fully saturated rings. The predicted molar refractivity (Wildman–Crippen MR) is 121 cm³/mol. The molecule has 1 aliphatic heterocycles. The molecule has 9 nitrogen and oxygen atoms in total. The zero-order chi connectivity index (χ0) is 19.8. The summed E-state index contributed by atoms with van der Waals surface area (Å²) in [5.74, 6) is 1.95. The van der Waals surface area contributed by atoms with Crippen LogP contribution < -0.4 is 10.6 Å². The van der Waals surface area contributed by atoms with Gasteiger partial charge in [0.1, 0.15) is 5.69 Å². The van der Waals surface area contributed by atoms with E-state index in [2.05, 4.69) is 30.8 Å². The van der Waals surface area contributed by atoms with Gasteiger partial charge in [0, 0.05) is 51.3 Å². The lowest BCUT2D eigenvalue weighted by Crippen LogP contribution is -2.45. The molecule has 0 aromatic carbocycles. The van der Waals surface area contributed by atoms with Crippen molar-refractivity contribution in [3.63, 3.8) is 0 Å². The Morgan fingerprint density at radius 2 is 2.24 bits per heavy atom. The quantitative estimate of drug-likeness (QED) is 0.331. The number of hydrogen-bond donors (Lipinski definition) is 2. The zero-order valence-electron chi connectivity index (χ0n) is 16.8. The number of rotatable bonds is 7. The van der Waals surface area contributed by atoms with Crippen molar-refractivity contribution in [1.29, 1.82) is 0 Å². The summed E-state index contributed by atoms with van der Waals surface area (Å²) in [4.78, 5) is 26.9. The van der Waals surface area contributed by atoms with Crippen LogP contribution in [0.25, 0.3) is 11.6 Å². The first-order chi connectivity index (χ1) is 13.7. The number of pyridine rings is 1. The van der Waals surface area contributed by atoms with E-state index in [1.807, 2.05) is 36.9 Å². The summed E-state index contributed by atoms with van der Waals surface area (Å²) in [5.41, 5.74) is 0.659. The minimum absolute atomic E-state index is 0. The molecular weight excluding hydrogens is 485 g/mol. The molecule has 0 aliphatic carbocycles. The van der Waals surface area contributed by atoms with E-state index in [0.29, 0.717) is 36.8 Å². The predicted octanol–water partition coefficient (Wildman–Crippen LogP) is 1.86. The van der Waals surface area contributed by atoms with Crippen molar-refractivity contribution in [2.75, 3.05) is 26.2 Å². The van der Waals surface area contributed by atoms with Gasteiger partial charge in [-0.05, 0) is 25.5 Å². The van der Waals surface area contributed by atoms with E-state index in [1.54, 1.807) is 6.20 Å². The Kier molecular flexibility index (Phi) is 9.29. The SMILES string of the molecule is CCNC(=NCCc1noc(-c2ccccn2)n1)NC1CCN(C(=O)CC)C1.I. The van der Waals surface area contributed by atoms with Crippen molar-refractivity contribution in [3.05, 3.63) is 30.2 Å². The van der Waals surface area contributed by atoms with E-state index in [9.17, 15) is 4.79 Å². The number of aromatic nitrogens is 3. The number of aliphatic imine (C=N–C) groups is 1. The average molecular weight is 513 g/mol. The fourth-order valence-electron chi connectivity index (χ4n) is 3.06. The van der Waals surface area contributed by atoms with Gasteiger partial charge in [-0.3, -0.25) is 14.8 Å². The molecular formula is C19H28IN7O2. The first-order valence-corrected chi connectivity index (χ1v) is 9.76. The summed E-state index contributed by atoms with van der Waals surface area (Å²) in [6.45, 7) is 6.73. The Bertz CT molecular complexity index is 797. The maximum absolute atomic E-state index is 11.8. The topological polar surface area (TPSA) is 109 Å². The largest absolute Gasteiger partial charge is 0.357 e. The number of amides is 1. The summed E-state index contributed by atoms with van der Waals surface area (Å²) >= 11 is 0. The standard InChI is InChI=1S/C19H27N7O2.HI/c1-3-17(27)26-12-9-14(13-26)23-19(20-4-2)22-11-8-16-24-18(28-25-16)15-7-5-6-10-21-15;/h5-7,10,14H,3-4,8-9,11-13H2,1-2H3,(H2,20,22,23);1H. The molecule has 1 aliphatic rings. The third-order valence-electron chi connectivity index (χ3n) is 4.49. The van der Waals surface area contributed by atoms with Gasteiger partial charge < -0.3 is 20.1 Å². The lowest BCUT2D eigenvalue weighted by atomic mass is 10.3. The van der Waals surface area contributed by atoms with Gasteiger partial charge in [-0.25, -0.2) is 0 Å². The molecule has 0 bridgehead atoms. The average Bonchev–Trinajstić information content (AvgIpc) is 3.38. The van der Waals surface area contributed by atoms with E-state index in [0.717, 1.165) is 32.0 Å². The number of guanidine groups is 1. The van der Waals surface area contributed by atoms with Gasteiger partial charge in [0.05, 0.1) is 0 Å². The van der Waals surface area contributed by atoms with E-state index < -0.39 is 0 Å². The molecule has 2 aromatic rings. The van der Waals surface area contributed by atoms with E-state index >= 15 is 0 Å². The van der Waals surface area contributed by atoms with Gasteiger partial charge in [0.15, 0.2) is 11.8 Å². The fourth-order valence-corrected chi connectivity index (χ4v) is 3.06. The van der Waals surface area contributed by atoms with Crippen LogP contribution in [-0.2, 0) is 11.2 Å². The summed E-state index contributed by atoms with van der Waals surface area (Å²) in [6.07, 6.45) is 3.73. The molecule has 0 saturated carbocycles. The number of nitrogens with one attached hydrogen (secondary N) is 2. The van der Waals surface area contributed by atoms with Gasteiger partial charge >= 0.3 is 0 Å². The van der Waals surface area contributed by atoms with Gasteiger partial charge in [0.25, 0.3) is 5.89 Å². The molecule has 1 saturated heterocycles. The molecule has 29 heavy (non-hydrogen) atoms. The summed E-state index contributed by atoms with van der Waals surface area (Å²) in [7, 11) is 0. The van der Waals surface area contributed by atoms with Crippen molar-refractivity contribution in [3.8, 4) is 11.6 Å². The minimum Gasteiger partial charge on any atom is -0.357 e. The van der Waals surface area contributed by atoms with Gasteiger partial charge in [0.2, 0.25) is 5.91 Å². The van der Waals surface area contributed by atoms with Crippen LogP contribution in [0.2, 0.25) is 0 Å². The van der Waals surface area contributed by atoms with E-state index in [-0.39, 0.29) is 35.9 Å². The first kappa shape index (κ1) is 23.0. The molecule has 158 valence electrons. The second-order valence-electron chi connectivity index (χ2n) is 6.56. The summed E-state index contributed by atoms with van der Waals surface area (Å²) in [6, 6.07) is 5.76. The number of halogens is 1. The minimum atomic E-state index is 0. The number of likely N-dealkylation sites (tertiary alicyclic amines) is 1. The Hall–Kier alpha value is -2.24. The monoisotopic (exact) mass is 513 g/mol. The van der Waals surface area contributed by atoms with Crippen LogP contribution in [0.1, 0.15) is 32.5 Å². The Balaban J connectivity index is 0.00000300. The fraction of sp³-hybridized carbons (Fsp3) is 0.526. The van der Waals surface area contributed by atoms with Crippen LogP contribution in [0, 0.1) is 0 Å². The van der Waals surface area contributed by atoms with Crippen molar-refractivity contribution in [2.45, 2.75) is 39.2 Å². The van der Waals surface area contributed by atoms with Gasteiger partial charge in [-0.1, -0.05) is 18.1 Å². The smallest absolute Gasteiger partial charge is 0.276 e. The second-order valence-corrected chi connectivity index (χ2v) is 6.56. The molecule has 2 aromatic heterocycles. The molecule has 0 spiro atoms. The van der Waals surface area contributed by atoms with E-state index in [4.69, 9.17) is 4.52 Å². The molecule has 1 atom stereocenters. The highest BCUT2D eigenvalue weighted by molar-refractivity contribution is 14.0. The highest BCUT2D eigenvalue weighted by atomic mass is 127. The molecule has 0 radical (unpaired) electrons. The molecule has 3 heterocycles. The Morgan fingerprint density at radius 1 is 1.38 bits per heavy atom. The van der Waals surface area contributed by atoms with Crippen LogP contribution in [0.15, 0.2) is 33.9 Å². The number of nitrogens with zero attached hydrogens (tertiary/aromatic N) is 5. The van der Waals surface area contributed by atoms with Gasteiger partial charge in [-0.15, -0.1) is 24.0 Å². The third-order valence-corrected chi connectivity index (χ3v) is 4.49. The Labute approximate surface area is 187 Å². The summed E-state index contributed by atoms with van der Waals surface area (Å²) < 4.78 is 5.27. The molecule has 1 amide bonds. The number of carbonyl (C=O) groups is 1. The number of hydrogen-bond acceptors (Lipinski definition) is 6. The molecule has 1 unspecified atom stereocenters. The van der Waals surface area contributed by atoms with Gasteiger partial charge in [-0.2, -0.15) is 4.98 Å². The third kappa shape index (κ3) is 6.65. The van der Waals surface area contributed by atoms with Crippen LogP contribution in [0.4, 0.5) is 0 Å². The lowest BCUT2D eigenvalue weighted by Gasteiger charge is -2.18. The maximum atomic E-state index is 11.8. The van der Waals surface area contributed by atoms with Crippen molar-refractivity contribution >= 4 is 35.8 Å². The van der Waals surface area contributed by atoms with Crippen molar-refractivity contribution < 1.29 is 9.32 Å². The second kappa shape index (κ2) is 11.7. The molecule has 2 N–H and O–H groups in total. The Morgan fingerprint density at radius 3 is 2.97 bits per heavy atom. The van der Waals surface area contributed by atoms with E-state index in [1.165, 1.54) is 0 Å². The number of carbonyl (C=O) groups excluding carboxylic acids is 1. The van der Waals surface area contributed by atoms with Crippen molar-refractivity contribution in [1.82, 2.24) is 30.7 Å². The molecule has 10 heteroatoms. The van der Waals surface area contributed by atoms with Crippen LogP contribution in [0.5, 0.6) is 0 Å². The summed E-state index contributed by atoms with van der Waals surface area (Å²) in [5, 5.41) is 10.7. The highest BCUT2D eigenvalue weighted by Gasteiger charge is 2.25.